The minimum atomic E-state index is -0.285. The first-order chi connectivity index (χ1) is 8.11. The number of aromatic nitrogens is 1. The van der Waals surface area contributed by atoms with Crippen molar-refractivity contribution in [2.75, 3.05) is 6.61 Å². The molecule has 0 atom stereocenters. The molecule has 1 aromatic heterocycles. The van der Waals surface area contributed by atoms with E-state index in [0.717, 1.165) is 22.2 Å². The predicted molar refractivity (Wildman–Crippen MR) is 67.2 cm³/mol. The normalized spacial score (nSPS) is 10.5. The highest BCUT2D eigenvalue weighted by atomic mass is 16.5. The number of hydrogen-bond donors (Lipinski definition) is 0. The summed E-state index contributed by atoms with van der Waals surface area (Å²) in [5, 5.41) is 0.847. The monoisotopic (exact) mass is 229 g/mol. The molecule has 0 amide bonds. The van der Waals surface area contributed by atoms with E-state index in [0.29, 0.717) is 12.2 Å². The summed E-state index contributed by atoms with van der Waals surface area (Å²) in [6.07, 6.45) is 0. The second-order valence-electron chi connectivity index (χ2n) is 4.05. The Labute approximate surface area is 100 Å². The number of ether oxygens (including phenoxy) is 1. The zero-order valence-electron chi connectivity index (χ0n) is 10.3. The minimum absolute atomic E-state index is 0.285. The van der Waals surface area contributed by atoms with Crippen LogP contribution >= 0.6 is 0 Å². The first kappa shape index (κ1) is 11.6. The van der Waals surface area contributed by atoms with Crippen LogP contribution in [-0.2, 0) is 4.74 Å². The van der Waals surface area contributed by atoms with Crippen LogP contribution in [0.3, 0.4) is 0 Å². The summed E-state index contributed by atoms with van der Waals surface area (Å²) in [6.45, 7) is 6.07. The van der Waals surface area contributed by atoms with E-state index < -0.39 is 0 Å². The average molecular weight is 229 g/mol. The number of aryl methyl sites for hydroxylation is 2. The molecular formula is C14H15NO2. The molecule has 2 aromatic rings. The van der Waals surface area contributed by atoms with E-state index in [4.69, 9.17) is 4.74 Å². The van der Waals surface area contributed by atoms with Gasteiger partial charge in [-0.25, -0.2) is 4.79 Å². The molecule has 17 heavy (non-hydrogen) atoms. The summed E-state index contributed by atoms with van der Waals surface area (Å²) in [6, 6.07) is 7.64. The molecule has 0 aliphatic carbocycles. The smallest absolute Gasteiger partial charge is 0.338 e. The molecule has 0 unspecified atom stereocenters. The highest BCUT2D eigenvalue weighted by Gasteiger charge is 2.12. The van der Waals surface area contributed by atoms with Gasteiger partial charge in [-0.1, -0.05) is 12.1 Å². The summed E-state index contributed by atoms with van der Waals surface area (Å²) >= 11 is 0. The van der Waals surface area contributed by atoms with E-state index in [1.54, 1.807) is 13.0 Å². The van der Waals surface area contributed by atoms with Crippen molar-refractivity contribution in [2.24, 2.45) is 0 Å². The molecule has 2 rings (SSSR count). The molecule has 0 saturated carbocycles. The topological polar surface area (TPSA) is 39.2 Å². The first-order valence-electron chi connectivity index (χ1n) is 5.67. The highest BCUT2D eigenvalue weighted by molar-refractivity contribution is 6.03. The van der Waals surface area contributed by atoms with Gasteiger partial charge in [0.05, 0.1) is 17.7 Å². The largest absolute Gasteiger partial charge is 0.462 e. The summed E-state index contributed by atoms with van der Waals surface area (Å²) in [5.74, 6) is -0.285. The van der Waals surface area contributed by atoms with Crippen molar-refractivity contribution in [1.29, 1.82) is 0 Å². The van der Waals surface area contributed by atoms with Gasteiger partial charge in [-0.2, -0.15) is 0 Å². The Hall–Kier alpha value is -1.90. The number of pyridine rings is 1. The fourth-order valence-electron chi connectivity index (χ4n) is 1.85. The van der Waals surface area contributed by atoms with Crippen molar-refractivity contribution < 1.29 is 9.53 Å². The van der Waals surface area contributed by atoms with Gasteiger partial charge in [-0.05, 0) is 38.5 Å². The minimum Gasteiger partial charge on any atom is -0.462 e. The maximum Gasteiger partial charge on any atom is 0.338 e. The third kappa shape index (κ3) is 2.28. The van der Waals surface area contributed by atoms with E-state index in [1.165, 1.54) is 0 Å². The van der Waals surface area contributed by atoms with Crippen molar-refractivity contribution in [3.05, 3.63) is 41.1 Å². The Balaban J connectivity index is 2.65. The van der Waals surface area contributed by atoms with E-state index in [1.807, 2.05) is 32.0 Å². The average Bonchev–Trinajstić information content (AvgIpc) is 2.27. The quantitative estimate of drug-likeness (QED) is 0.743. The Morgan fingerprint density at radius 1 is 1.29 bits per heavy atom. The van der Waals surface area contributed by atoms with E-state index in [-0.39, 0.29) is 5.97 Å². The fraction of sp³-hybridized carbons (Fsp3) is 0.286. The molecule has 3 heteroatoms. The number of hydrogen-bond acceptors (Lipinski definition) is 3. The van der Waals surface area contributed by atoms with Crippen LogP contribution in [0.5, 0.6) is 0 Å². The molecule has 0 N–H and O–H groups in total. The van der Waals surface area contributed by atoms with E-state index in [2.05, 4.69) is 4.98 Å². The van der Waals surface area contributed by atoms with Crippen molar-refractivity contribution in [2.45, 2.75) is 20.8 Å². The number of nitrogens with zero attached hydrogens (tertiary/aromatic N) is 1. The summed E-state index contributed by atoms with van der Waals surface area (Å²) in [5.41, 5.74) is 3.39. The van der Waals surface area contributed by atoms with E-state index >= 15 is 0 Å². The van der Waals surface area contributed by atoms with Crippen LogP contribution in [0, 0.1) is 13.8 Å². The lowest BCUT2D eigenvalue weighted by molar-refractivity contribution is 0.0528. The molecule has 1 aromatic carbocycles. The molecule has 0 spiro atoms. The van der Waals surface area contributed by atoms with Gasteiger partial charge in [0.15, 0.2) is 0 Å². The lowest BCUT2D eigenvalue weighted by atomic mass is 10.1. The number of benzene rings is 1. The molecular weight excluding hydrogens is 214 g/mol. The van der Waals surface area contributed by atoms with Crippen LogP contribution in [0.15, 0.2) is 24.3 Å². The summed E-state index contributed by atoms with van der Waals surface area (Å²) < 4.78 is 5.05. The van der Waals surface area contributed by atoms with Gasteiger partial charge >= 0.3 is 5.97 Å². The number of carbonyl (C=O) groups is 1. The first-order valence-corrected chi connectivity index (χ1v) is 5.67. The van der Waals surface area contributed by atoms with Gasteiger partial charge < -0.3 is 4.74 Å². The molecule has 0 fully saturated rings. The Morgan fingerprint density at radius 2 is 2.06 bits per heavy atom. The standard InChI is InChI=1S/C14H15NO2/c1-4-17-14(16)12-8-10(3)15-13-7-9(2)5-6-11(12)13/h5-8H,4H2,1-3H3. The highest BCUT2D eigenvalue weighted by Crippen LogP contribution is 2.20. The van der Waals surface area contributed by atoms with Gasteiger partial charge in [0.25, 0.3) is 0 Å². The van der Waals surface area contributed by atoms with Crippen LogP contribution in [0.1, 0.15) is 28.5 Å². The molecule has 0 saturated heterocycles. The lowest BCUT2D eigenvalue weighted by Gasteiger charge is -2.07. The molecule has 0 aliphatic heterocycles. The molecule has 0 aliphatic rings. The Morgan fingerprint density at radius 3 is 2.76 bits per heavy atom. The SMILES string of the molecule is CCOC(=O)c1cc(C)nc2cc(C)ccc12. The van der Waals surface area contributed by atoms with E-state index in [9.17, 15) is 4.79 Å². The van der Waals surface area contributed by atoms with Gasteiger partial charge in [-0.3, -0.25) is 4.98 Å². The predicted octanol–water partition coefficient (Wildman–Crippen LogP) is 3.03. The lowest BCUT2D eigenvalue weighted by Crippen LogP contribution is -2.06. The number of carbonyl (C=O) groups excluding carboxylic acids is 1. The molecule has 3 nitrogen and oxygen atoms in total. The third-order valence-corrected chi connectivity index (χ3v) is 2.59. The molecule has 88 valence electrons. The van der Waals surface area contributed by atoms with Crippen LogP contribution in [-0.4, -0.2) is 17.6 Å². The van der Waals surface area contributed by atoms with Crippen LogP contribution in [0.25, 0.3) is 10.9 Å². The molecule has 1 heterocycles. The Kier molecular flexibility index (Phi) is 3.09. The van der Waals surface area contributed by atoms with Gasteiger partial charge in [0.1, 0.15) is 0 Å². The molecule has 0 radical (unpaired) electrons. The van der Waals surface area contributed by atoms with Crippen LogP contribution < -0.4 is 0 Å². The maximum atomic E-state index is 11.8. The van der Waals surface area contributed by atoms with Crippen molar-refractivity contribution in [3.63, 3.8) is 0 Å². The summed E-state index contributed by atoms with van der Waals surface area (Å²) in [4.78, 5) is 16.3. The number of fused-ring (bicyclic) bond motifs is 1. The Bertz CT molecular complexity index is 570. The van der Waals surface area contributed by atoms with Crippen molar-refractivity contribution in [3.8, 4) is 0 Å². The number of esters is 1. The van der Waals surface area contributed by atoms with Crippen molar-refractivity contribution >= 4 is 16.9 Å². The summed E-state index contributed by atoms with van der Waals surface area (Å²) in [7, 11) is 0. The zero-order valence-corrected chi connectivity index (χ0v) is 10.3. The zero-order chi connectivity index (χ0) is 12.4. The van der Waals surface area contributed by atoms with Gasteiger partial charge in [0.2, 0.25) is 0 Å². The van der Waals surface area contributed by atoms with Crippen LogP contribution in [0.4, 0.5) is 0 Å². The van der Waals surface area contributed by atoms with Gasteiger partial charge in [0, 0.05) is 11.1 Å². The second-order valence-corrected chi connectivity index (χ2v) is 4.05. The molecule has 0 bridgehead atoms. The van der Waals surface area contributed by atoms with Crippen molar-refractivity contribution in [1.82, 2.24) is 4.98 Å². The number of rotatable bonds is 2. The third-order valence-electron chi connectivity index (χ3n) is 2.59. The fourth-order valence-corrected chi connectivity index (χ4v) is 1.85. The van der Waals surface area contributed by atoms with Gasteiger partial charge in [-0.15, -0.1) is 0 Å². The second kappa shape index (κ2) is 4.53. The van der Waals surface area contributed by atoms with Crippen LogP contribution in [0.2, 0.25) is 0 Å². The maximum absolute atomic E-state index is 11.8.